The van der Waals surface area contributed by atoms with E-state index in [1.807, 2.05) is 12.1 Å². The maximum Gasteiger partial charge on any atom is 0.218 e. The number of thioether (sulfide) groups is 1. The quantitative estimate of drug-likeness (QED) is 0.425. The van der Waals surface area contributed by atoms with E-state index >= 15 is 0 Å². The Morgan fingerprint density at radius 1 is 1.52 bits per heavy atom. The molecule has 1 unspecified atom stereocenters. The fraction of sp³-hybridized carbons (Fsp3) is 0.625. The molecule has 1 N–H and O–H groups in total. The van der Waals surface area contributed by atoms with Gasteiger partial charge in [0.15, 0.2) is 5.96 Å². The first-order valence-corrected chi connectivity index (χ1v) is 8.96. The maximum atomic E-state index is 5.30. The predicted molar refractivity (Wildman–Crippen MR) is 109 cm³/mol. The summed E-state index contributed by atoms with van der Waals surface area (Å²) in [5.41, 5.74) is 1.01. The predicted octanol–water partition coefficient (Wildman–Crippen LogP) is 3.00. The zero-order valence-electron chi connectivity index (χ0n) is 14.1. The number of nitrogens with zero attached hydrogens (tertiary/aromatic N) is 3. The van der Waals surface area contributed by atoms with Crippen LogP contribution in [0.2, 0.25) is 0 Å². The summed E-state index contributed by atoms with van der Waals surface area (Å²) in [7, 11) is 1.65. The molecule has 0 aromatic carbocycles. The number of aliphatic imine (C=N–C) groups is 1. The molecule has 0 radical (unpaired) electrons. The van der Waals surface area contributed by atoms with Gasteiger partial charge in [-0.25, -0.2) is 9.98 Å². The van der Waals surface area contributed by atoms with E-state index in [0.717, 1.165) is 31.2 Å². The first-order valence-electron chi connectivity index (χ1n) is 7.91. The highest BCUT2D eigenvalue weighted by molar-refractivity contribution is 14.0. The van der Waals surface area contributed by atoms with Crippen LogP contribution in [-0.2, 0) is 6.54 Å². The molecule has 1 aliphatic rings. The standard InChI is InChI=1S/C16H26N4OS.HI/c1-4-14-12-20(9-10-22-14)16(17-5-2)19-11-13-7-6-8-18-15(13)21-3;/h6-8,14H,4-5,9-12H2,1-3H3,(H,17,19);1H. The second-order valence-corrected chi connectivity index (χ2v) is 6.60. The lowest BCUT2D eigenvalue weighted by atomic mass is 10.2. The van der Waals surface area contributed by atoms with E-state index in [-0.39, 0.29) is 24.0 Å². The van der Waals surface area contributed by atoms with Gasteiger partial charge in [0.1, 0.15) is 0 Å². The normalized spacial score (nSPS) is 18.3. The van der Waals surface area contributed by atoms with Gasteiger partial charge in [0.25, 0.3) is 0 Å². The molecule has 2 rings (SSSR count). The second-order valence-electron chi connectivity index (χ2n) is 5.19. The number of rotatable bonds is 5. The van der Waals surface area contributed by atoms with Crippen molar-refractivity contribution in [1.29, 1.82) is 0 Å². The molecular formula is C16H27IN4OS. The van der Waals surface area contributed by atoms with Crippen LogP contribution in [0.4, 0.5) is 0 Å². The minimum Gasteiger partial charge on any atom is -0.481 e. The largest absolute Gasteiger partial charge is 0.481 e. The van der Waals surface area contributed by atoms with Gasteiger partial charge in [-0.2, -0.15) is 11.8 Å². The van der Waals surface area contributed by atoms with Gasteiger partial charge in [0.05, 0.1) is 13.7 Å². The summed E-state index contributed by atoms with van der Waals surface area (Å²) in [6.45, 7) is 7.94. The highest BCUT2D eigenvalue weighted by atomic mass is 127. The Hall–Kier alpha value is -0.700. The molecule has 1 atom stereocenters. The van der Waals surface area contributed by atoms with Crippen molar-refractivity contribution in [3.05, 3.63) is 23.9 Å². The van der Waals surface area contributed by atoms with Crippen LogP contribution in [0.1, 0.15) is 25.8 Å². The molecule has 0 saturated carbocycles. The van der Waals surface area contributed by atoms with Crippen molar-refractivity contribution in [2.45, 2.75) is 32.1 Å². The number of pyridine rings is 1. The van der Waals surface area contributed by atoms with Crippen LogP contribution in [0.15, 0.2) is 23.3 Å². The molecule has 1 aliphatic heterocycles. The molecule has 0 amide bonds. The fourth-order valence-corrected chi connectivity index (χ4v) is 3.65. The molecule has 1 aromatic rings. The molecule has 1 aromatic heterocycles. The van der Waals surface area contributed by atoms with Crippen LogP contribution >= 0.6 is 35.7 Å². The van der Waals surface area contributed by atoms with E-state index < -0.39 is 0 Å². The maximum absolute atomic E-state index is 5.30. The summed E-state index contributed by atoms with van der Waals surface area (Å²) in [6.07, 6.45) is 2.95. The first-order chi connectivity index (χ1) is 10.8. The van der Waals surface area contributed by atoms with Gasteiger partial charge in [-0.1, -0.05) is 13.0 Å². The Balaban J connectivity index is 0.00000264. The van der Waals surface area contributed by atoms with E-state index in [4.69, 9.17) is 9.73 Å². The van der Waals surface area contributed by atoms with Crippen LogP contribution in [0.3, 0.4) is 0 Å². The number of hydrogen-bond donors (Lipinski definition) is 1. The summed E-state index contributed by atoms with van der Waals surface area (Å²) in [6, 6.07) is 3.94. The molecule has 2 heterocycles. The van der Waals surface area contributed by atoms with Crippen LogP contribution < -0.4 is 10.1 Å². The third kappa shape index (κ3) is 6.02. The van der Waals surface area contributed by atoms with Crippen molar-refractivity contribution in [1.82, 2.24) is 15.2 Å². The average Bonchev–Trinajstić information content (AvgIpc) is 2.58. The number of ether oxygens (including phenoxy) is 1. The van der Waals surface area contributed by atoms with Crippen molar-refractivity contribution in [2.75, 3.05) is 32.5 Å². The van der Waals surface area contributed by atoms with E-state index in [1.165, 1.54) is 12.2 Å². The molecule has 0 bridgehead atoms. The average molecular weight is 450 g/mol. The molecule has 1 fully saturated rings. The van der Waals surface area contributed by atoms with Crippen molar-refractivity contribution in [3.8, 4) is 5.88 Å². The lowest BCUT2D eigenvalue weighted by molar-refractivity contribution is 0.391. The van der Waals surface area contributed by atoms with Gasteiger partial charge in [-0.3, -0.25) is 0 Å². The first kappa shape index (κ1) is 20.3. The van der Waals surface area contributed by atoms with Gasteiger partial charge in [0, 0.05) is 42.4 Å². The summed E-state index contributed by atoms with van der Waals surface area (Å²) in [5, 5.41) is 4.11. The SMILES string of the molecule is CCNC(=NCc1cccnc1OC)N1CCSC(CC)C1.I. The molecule has 0 aliphatic carbocycles. The summed E-state index contributed by atoms with van der Waals surface area (Å²) < 4.78 is 5.30. The highest BCUT2D eigenvalue weighted by Gasteiger charge is 2.21. The van der Waals surface area contributed by atoms with E-state index in [1.54, 1.807) is 13.3 Å². The Bertz CT molecular complexity index is 501. The van der Waals surface area contributed by atoms with Crippen LogP contribution in [0, 0.1) is 0 Å². The van der Waals surface area contributed by atoms with E-state index in [2.05, 4.69) is 40.8 Å². The van der Waals surface area contributed by atoms with Crippen molar-refractivity contribution < 1.29 is 4.74 Å². The van der Waals surface area contributed by atoms with Gasteiger partial charge in [-0.15, -0.1) is 24.0 Å². The lowest BCUT2D eigenvalue weighted by Gasteiger charge is -2.34. The number of guanidine groups is 1. The van der Waals surface area contributed by atoms with E-state index in [9.17, 15) is 0 Å². The number of nitrogens with one attached hydrogen (secondary N) is 1. The summed E-state index contributed by atoms with van der Waals surface area (Å²) in [5.74, 6) is 2.81. The highest BCUT2D eigenvalue weighted by Crippen LogP contribution is 2.21. The zero-order valence-corrected chi connectivity index (χ0v) is 17.3. The number of halogens is 1. The summed E-state index contributed by atoms with van der Waals surface area (Å²) in [4.78, 5) is 11.4. The van der Waals surface area contributed by atoms with Gasteiger partial charge < -0.3 is 15.0 Å². The smallest absolute Gasteiger partial charge is 0.218 e. The van der Waals surface area contributed by atoms with Gasteiger partial charge in [-0.05, 0) is 19.4 Å². The summed E-state index contributed by atoms with van der Waals surface area (Å²) >= 11 is 2.07. The lowest BCUT2D eigenvalue weighted by Crippen LogP contribution is -2.48. The molecule has 130 valence electrons. The number of methoxy groups -OCH3 is 1. The molecule has 1 saturated heterocycles. The zero-order chi connectivity index (χ0) is 15.8. The van der Waals surface area contributed by atoms with Crippen LogP contribution in [0.25, 0.3) is 0 Å². The minimum absolute atomic E-state index is 0. The van der Waals surface area contributed by atoms with E-state index in [0.29, 0.717) is 17.7 Å². The molecular weight excluding hydrogens is 423 g/mol. The van der Waals surface area contributed by atoms with Crippen LogP contribution in [0.5, 0.6) is 5.88 Å². The Kier molecular flexibility index (Phi) is 9.69. The van der Waals surface area contributed by atoms with Gasteiger partial charge >= 0.3 is 0 Å². The van der Waals surface area contributed by atoms with Gasteiger partial charge in [0.2, 0.25) is 5.88 Å². The van der Waals surface area contributed by atoms with Crippen LogP contribution in [-0.4, -0.2) is 53.6 Å². The Labute approximate surface area is 160 Å². The van der Waals surface area contributed by atoms with Crippen molar-refractivity contribution in [3.63, 3.8) is 0 Å². The Morgan fingerprint density at radius 2 is 2.35 bits per heavy atom. The molecule has 5 nitrogen and oxygen atoms in total. The minimum atomic E-state index is 0. The fourth-order valence-electron chi connectivity index (χ4n) is 2.47. The number of aromatic nitrogens is 1. The Morgan fingerprint density at radius 3 is 3.04 bits per heavy atom. The second kappa shape index (κ2) is 11.0. The third-order valence-corrected chi connectivity index (χ3v) is 5.04. The molecule has 0 spiro atoms. The monoisotopic (exact) mass is 450 g/mol. The molecule has 23 heavy (non-hydrogen) atoms. The van der Waals surface area contributed by atoms with Crippen molar-refractivity contribution >= 4 is 41.7 Å². The number of hydrogen-bond acceptors (Lipinski definition) is 4. The topological polar surface area (TPSA) is 49.8 Å². The third-order valence-electron chi connectivity index (χ3n) is 3.67. The van der Waals surface area contributed by atoms with Crippen molar-refractivity contribution in [2.24, 2.45) is 4.99 Å². The molecule has 7 heteroatoms.